The molecule has 4 aromatic heterocycles. The zero-order valence-corrected chi connectivity index (χ0v) is 24.4. The number of nitrogens with zero attached hydrogens (tertiary/aromatic N) is 8. The Morgan fingerprint density at radius 2 is 1.67 bits per heavy atom. The monoisotopic (exact) mass is 591 g/mol. The van der Waals surface area contributed by atoms with Gasteiger partial charge in [-0.3, -0.25) is 19.2 Å². The van der Waals surface area contributed by atoms with Crippen molar-refractivity contribution in [1.82, 2.24) is 34.3 Å². The number of carbonyl (C=O) groups is 1. The summed E-state index contributed by atoms with van der Waals surface area (Å²) < 4.78 is 2.04. The fourth-order valence-electron chi connectivity index (χ4n) is 5.71. The Kier molecular flexibility index (Phi) is 7.43. The van der Waals surface area contributed by atoms with Gasteiger partial charge in [0.05, 0.1) is 22.4 Å². The predicted octanol–water partition coefficient (Wildman–Crippen LogP) is 4.96. The van der Waals surface area contributed by atoms with Crippen molar-refractivity contribution in [2.75, 3.05) is 31.9 Å². The van der Waals surface area contributed by atoms with Crippen molar-refractivity contribution in [3.05, 3.63) is 120 Å². The van der Waals surface area contributed by atoms with E-state index in [4.69, 9.17) is 15.7 Å². The first-order valence-electron chi connectivity index (χ1n) is 14.7. The molecule has 2 N–H and O–H groups in total. The van der Waals surface area contributed by atoms with E-state index >= 15 is 0 Å². The third kappa shape index (κ3) is 5.48. The highest BCUT2D eigenvalue weighted by Crippen LogP contribution is 2.32. The van der Waals surface area contributed by atoms with E-state index in [0.29, 0.717) is 35.9 Å². The van der Waals surface area contributed by atoms with Gasteiger partial charge in [0.15, 0.2) is 11.5 Å². The summed E-state index contributed by atoms with van der Waals surface area (Å²) in [6.07, 6.45) is 4.68. The number of nitrogens with two attached hydrogens (primary N) is 1. The normalized spacial score (nSPS) is 13.5. The predicted molar refractivity (Wildman–Crippen MR) is 172 cm³/mol. The summed E-state index contributed by atoms with van der Waals surface area (Å²) in [5, 5.41) is 9.38. The first kappa shape index (κ1) is 27.9. The average molecular weight is 592 g/mol. The summed E-state index contributed by atoms with van der Waals surface area (Å²) in [5.41, 5.74) is 13.2. The van der Waals surface area contributed by atoms with Crippen LogP contribution in [-0.2, 0) is 6.54 Å². The third-order valence-corrected chi connectivity index (χ3v) is 8.09. The second kappa shape index (κ2) is 12.0. The van der Waals surface area contributed by atoms with Crippen LogP contribution in [0.25, 0.3) is 39.5 Å². The number of imidazole rings is 1. The van der Waals surface area contributed by atoms with Crippen molar-refractivity contribution in [2.24, 2.45) is 0 Å². The highest BCUT2D eigenvalue weighted by molar-refractivity contribution is 5.96. The van der Waals surface area contributed by atoms with Gasteiger partial charge in [-0.15, -0.1) is 0 Å². The molecule has 45 heavy (non-hydrogen) atoms. The van der Waals surface area contributed by atoms with Crippen LogP contribution in [0.5, 0.6) is 0 Å². The van der Waals surface area contributed by atoms with Crippen LogP contribution in [-0.4, -0.2) is 66.4 Å². The van der Waals surface area contributed by atoms with Crippen LogP contribution in [0.2, 0.25) is 0 Å². The van der Waals surface area contributed by atoms with Crippen LogP contribution in [0.15, 0.2) is 104 Å². The Hall–Kier alpha value is -5.92. The lowest BCUT2D eigenvalue weighted by molar-refractivity contribution is 0.0627. The fraction of sp³-hybridized carbons (Fsp3) is 0.143. The molecule has 0 radical (unpaired) electrons. The van der Waals surface area contributed by atoms with Crippen molar-refractivity contribution < 1.29 is 4.79 Å². The minimum Gasteiger partial charge on any atom is -0.383 e. The highest BCUT2D eigenvalue weighted by Gasteiger charge is 2.24. The van der Waals surface area contributed by atoms with Gasteiger partial charge in [0.1, 0.15) is 17.4 Å². The van der Waals surface area contributed by atoms with Gasteiger partial charge in [-0.05, 0) is 48.0 Å². The van der Waals surface area contributed by atoms with E-state index in [0.717, 1.165) is 58.9 Å². The molecule has 1 aliphatic heterocycles. The van der Waals surface area contributed by atoms with E-state index in [1.54, 1.807) is 17.2 Å². The maximum atomic E-state index is 13.0. The van der Waals surface area contributed by atoms with Crippen LogP contribution in [0.4, 0.5) is 5.82 Å². The Morgan fingerprint density at radius 3 is 2.42 bits per heavy atom. The van der Waals surface area contributed by atoms with Crippen molar-refractivity contribution in [3.63, 3.8) is 0 Å². The number of nitrogen functional groups attached to an aromatic ring is 1. The van der Waals surface area contributed by atoms with Crippen LogP contribution in [0.3, 0.4) is 0 Å². The molecular weight excluding hydrogens is 562 g/mol. The molecule has 1 fully saturated rings. The first-order chi connectivity index (χ1) is 22.1. The maximum Gasteiger partial charge on any atom is 0.256 e. The molecule has 6 aromatic rings. The molecule has 7 rings (SSSR count). The summed E-state index contributed by atoms with van der Waals surface area (Å²) in [6.45, 7) is 3.39. The van der Waals surface area contributed by atoms with Gasteiger partial charge in [0.2, 0.25) is 0 Å². The van der Waals surface area contributed by atoms with Gasteiger partial charge in [0, 0.05) is 62.6 Å². The summed E-state index contributed by atoms with van der Waals surface area (Å²) in [5.74, 6) is 0.930. The molecule has 0 unspecified atom stereocenters. The molecule has 0 spiro atoms. The molecule has 0 bridgehead atoms. The molecule has 10 nitrogen and oxygen atoms in total. The number of fused-ring (bicyclic) bond motifs is 1. The Morgan fingerprint density at radius 1 is 0.867 bits per heavy atom. The molecule has 2 aromatic carbocycles. The molecule has 0 aliphatic carbocycles. The van der Waals surface area contributed by atoms with Gasteiger partial charge in [0.25, 0.3) is 5.91 Å². The van der Waals surface area contributed by atoms with Crippen LogP contribution in [0, 0.1) is 11.3 Å². The molecule has 1 aliphatic rings. The SMILES string of the molecule is N#Cc1ccncc1C(=O)N1CCN(Cc2ccc(-n3c(-c4cccnc4N)nc4ccc(-c5ccccc5)nc43)cc2)CC1. The van der Waals surface area contributed by atoms with Gasteiger partial charge in [-0.2, -0.15) is 5.26 Å². The molecule has 0 saturated carbocycles. The van der Waals surface area contributed by atoms with Crippen molar-refractivity contribution in [2.45, 2.75) is 6.54 Å². The summed E-state index contributed by atoms with van der Waals surface area (Å²) >= 11 is 0. The smallest absolute Gasteiger partial charge is 0.256 e. The average Bonchev–Trinajstić information content (AvgIpc) is 3.48. The quantitative estimate of drug-likeness (QED) is 0.288. The molecule has 5 heterocycles. The first-order valence-corrected chi connectivity index (χ1v) is 14.7. The molecule has 1 amide bonds. The topological polar surface area (TPSA) is 130 Å². The van der Waals surface area contributed by atoms with E-state index in [-0.39, 0.29) is 5.91 Å². The molecule has 220 valence electrons. The number of anilines is 1. The van der Waals surface area contributed by atoms with E-state index < -0.39 is 0 Å². The lowest BCUT2D eigenvalue weighted by Gasteiger charge is -2.34. The number of amides is 1. The Bertz CT molecular complexity index is 2040. The standard InChI is InChI=1S/C35H29N9O/c36-21-26-14-16-38-22-29(26)35(45)43-19-17-42(18-20-43)23-24-8-10-27(11-9-24)44-33(28-7-4-15-39-32(28)37)41-31-13-12-30(40-34(31)44)25-5-2-1-3-6-25/h1-16,22H,17-20,23H2,(H2,37,39). The number of rotatable bonds is 6. The van der Waals surface area contributed by atoms with E-state index in [2.05, 4.69) is 45.2 Å². The number of pyridine rings is 3. The fourth-order valence-corrected chi connectivity index (χ4v) is 5.71. The van der Waals surface area contributed by atoms with Gasteiger partial charge in [-0.25, -0.2) is 15.0 Å². The van der Waals surface area contributed by atoms with Crippen molar-refractivity contribution in [3.8, 4) is 34.4 Å². The number of hydrogen-bond acceptors (Lipinski definition) is 8. The number of aromatic nitrogens is 5. The second-order valence-electron chi connectivity index (χ2n) is 10.9. The van der Waals surface area contributed by atoms with Gasteiger partial charge in [-0.1, -0.05) is 42.5 Å². The molecule has 1 saturated heterocycles. The van der Waals surface area contributed by atoms with Crippen LogP contribution in [0.1, 0.15) is 21.5 Å². The van der Waals surface area contributed by atoms with Crippen LogP contribution >= 0.6 is 0 Å². The second-order valence-corrected chi connectivity index (χ2v) is 10.9. The van der Waals surface area contributed by atoms with E-state index in [9.17, 15) is 10.1 Å². The lowest BCUT2D eigenvalue weighted by atomic mass is 10.1. The summed E-state index contributed by atoms with van der Waals surface area (Å²) in [6, 6.07) is 29.9. The number of piperazine rings is 1. The summed E-state index contributed by atoms with van der Waals surface area (Å²) in [7, 11) is 0. The van der Waals surface area contributed by atoms with Gasteiger partial charge < -0.3 is 10.6 Å². The number of hydrogen-bond donors (Lipinski definition) is 1. The van der Waals surface area contributed by atoms with E-state index in [1.165, 1.54) is 12.4 Å². The minimum absolute atomic E-state index is 0.148. The van der Waals surface area contributed by atoms with Crippen molar-refractivity contribution >= 4 is 22.9 Å². The zero-order chi connectivity index (χ0) is 30.8. The van der Waals surface area contributed by atoms with E-state index in [1.807, 2.05) is 59.2 Å². The Balaban J connectivity index is 1.14. The van der Waals surface area contributed by atoms with Crippen LogP contribution < -0.4 is 5.73 Å². The molecule has 0 atom stereocenters. The minimum atomic E-state index is -0.148. The maximum absolute atomic E-state index is 13.0. The number of carbonyl (C=O) groups excluding carboxylic acids is 1. The van der Waals surface area contributed by atoms with Crippen molar-refractivity contribution in [1.29, 1.82) is 5.26 Å². The lowest BCUT2D eigenvalue weighted by Crippen LogP contribution is -2.48. The molecular formula is C35H29N9O. The number of benzene rings is 2. The Labute approximate surface area is 260 Å². The summed E-state index contributed by atoms with van der Waals surface area (Å²) in [4.78, 5) is 35.5. The number of nitriles is 1. The van der Waals surface area contributed by atoms with Gasteiger partial charge >= 0.3 is 0 Å². The molecule has 10 heteroatoms. The highest BCUT2D eigenvalue weighted by atomic mass is 16.2. The zero-order valence-electron chi connectivity index (χ0n) is 24.4. The largest absolute Gasteiger partial charge is 0.383 e. The third-order valence-electron chi connectivity index (χ3n) is 8.09.